The lowest BCUT2D eigenvalue weighted by atomic mass is 10.0. The molecule has 14 heavy (non-hydrogen) atoms. The van der Waals surface area contributed by atoms with Gasteiger partial charge in [0.1, 0.15) is 18.0 Å². The number of carbonyl (C=O) groups is 2. The van der Waals surface area contributed by atoms with Crippen LogP contribution in [0.5, 0.6) is 5.75 Å². The number of benzene rings is 1. The first-order chi connectivity index (χ1) is 6.77. The molecule has 1 atom stereocenters. The summed E-state index contributed by atoms with van der Waals surface area (Å²) < 4.78 is 5.09. The Hall–Kier alpha value is -1.84. The van der Waals surface area contributed by atoms with Gasteiger partial charge in [0, 0.05) is 11.3 Å². The third kappa shape index (κ3) is 1.08. The molecule has 4 nitrogen and oxygen atoms in total. The normalized spacial score (nSPS) is 18.6. The zero-order valence-electron chi connectivity index (χ0n) is 7.61. The first kappa shape index (κ1) is 8.74. The number of amides is 1. The Balaban J connectivity index is 2.59. The minimum absolute atomic E-state index is 0.292. The minimum Gasteiger partial charge on any atom is -0.496 e. The van der Waals surface area contributed by atoms with Crippen molar-refractivity contribution in [2.45, 2.75) is 5.92 Å². The highest BCUT2D eigenvalue weighted by atomic mass is 16.5. The Labute approximate surface area is 80.9 Å². The summed E-state index contributed by atoms with van der Waals surface area (Å²) in [5, 5.41) is 2.62. The van der Waals surface area contributed by atoms with E-state index < -0.39 is 5.92 Å². The molecule has 1 aromatic rings. The van der Waals surface area contributed by atoms with Crippen LogP contribution in [-0.4, -0.2) is 19.3 Å². The first-order valence-electron chi connectivity index (χ1n) is 4.21. The minimum atomic E-state index is -0.735. The zero-order valence-corrected chi connectivity index (χ0v) is 7.61. The molecular formula is C10H9NO3. The SMILES string of the molecule is COc1cccc2c1[C@H](C=O)C(=O)N2. The van der Waals surface area contributed by atoms with Crippen molar-refractivity contribution in [3.8, 4) is 5.75 Å². The van der Waals surface area contributed by atoms with E-state index in [2.05, 4.69) is 5.32 Å². The lowest BCUT2D eigenvalue weighted by Crippen LogP contribution is -2.12. The number of nitrogens with one attached hydrogen (secondary N) is 1. The van der Waals surface area contributed by atoms with Gasteiger partial charge in [0.25, 0.3) is 0 Å². The summed E-state index contributed by atoms with van der Waals surface area (Å²) >= 11 is 0. The van der Waals surface area contributed by atoms with E-state index in [1.165, 1.54) is 7.11 Å². The molecule has 0 saturated carbocycles. The van der Waals surface area contributed by atoms with Gasteiger partial charge in [0.05, 0.1) is 7.11 Å². The second-order valence-electron chi connectivity index (χ2n) is 3.02. The molecule has 0 spiro atoms. The Kier molecular flexibility index (Phi) is 1.96. The van der Waals surface area contributed by atoms with E-state index in [4.69, 9.17) is 4.74 Å². The van der Waals surface area contributed by atoms with Crippen molar-refractivity contribution in [1.29, 1.82) is 0 Å². The van der Waals surface area contributed by atoms with E-state index in [1.54, 1.807) is 18.2 Å². The van der Waals surface area contributed by atoms with E-state index in [0.29, 0.717) is 23.3 Å². The van der Waals surface area contributed by atoms with Gasteiger partial charge in [-0.25, -0.2) is 0 Å². The highest BCUT2D eigenvalue weighted by Crippen LogP contribution is 2.37. The van der Waals surface area contributed by atoms with E-state index in [0.717, 1.165) is 0 Å². The maximum absolute atomic E-state index is 11.3. The summed E-state index contributed by atoms with van der Waals surface area (Å²) in [4.78, 5) is 22.1. The van der Waals surface area contributed by atoms with Crippen molar-refractivity contribution in [3.05, 3.63) is 23.8 Å². The van der Waals surface area contributed by atoms with Crippen LogP contribution in [0.1, 0.15) is 11.5 Å². The molecule has 1 N–H and O–H groups in total. The average Bonchev–Trinajstić information content (AvgIpc) is 2.52. The molecule has 0 unspecified atom stereocenters. The average molecular weight is 191 g/mol. The molecule has 4 heteroatoms. The van der Waals surface area contributed by atoms with Gasteiger partial charge in [0.15, 0.2) is 0 Å². The molecule has 0 saturated heterocycles. The molecule has 0 aliphatic carbocycles. The number of fused-ring (bicyclic) bond motifs is 1. The predicted molar refractivity (Wildman–Crippen MR) is 50.4 cm³/mol. The highest BCUT2D eigenvalue weighted by molar-refractivity contribution is 6.12. The number of hydrogen-bond donors (Lipinski definition) is 1. The van der Waals surface area contributed by atoms with Gasteiger partial charge >= 0.3 is 0 Å². The molecule has 1 amide bonds. The van der Waals surface area contributed by atoms with Gasteiger partial charge in [0.2, 0.25) is 5.91 Å². The second kappa shape index (κ2) is 3.14. The first-order valence-corrected chi connectivity index (χ1v) is 4.21. The Morgan fingerprint density at radius 3 is 2.93 bits per heavy atom. The van der Waals surface area contributed by atoms with Crippen molar-refractivity contribution in [1.82, 2.24) is 0 Å². The van der Waals surface area contributed by atoms with Crippen LogP contribution in [0.25, 0.3) is 0 Å². The lowest BCUT2D eigenvalue weighted by Gasteiger charge is -2.06. The Morgan fingerprint density at radius 2 is 2.29 bits per heavy atom. The highest BCUT2D eigenvalue weighted by Gasteiger charge is 2.32. The summed E-state index contributed by atoms with van der Waals surface area (Å²) in [6.45, 7) is 0. The molecule has 1 aliphatic rings. The number of rotatable bonds is 2. The fourth-order valence-electron chi connectivity index (χ4n) is 1.62. The van der Waals surface area contributed by atoms with Crippen LogP contribution in [0.15, 0.2) is 18.2 Å². The summed E-state index contributed by atoms with van der Waals surface area (Å²) in [5.41, 5.74) is 1.29. The van der Waals surface area contributed by atoms with Crippen LogP contribution in [0.2, 0.25) is 0 Å². The molecule has 1 aliphatic heterocycles. The van der Waals surface area contributed by atoms with Crippen LogP contribution in [0.3, 0.4) is 0 Å². The lowest BCUT2D eigenvalue weighted by molar-refractivity contribution is -0.121. The van der Waals surface area contributed by atoms with E-state index >= 15 is 0 Å². The summed E-state index contributed by atoms with van der Waals surface area (Å²) in [6.07, 6.45) is 0.629. The van der Waals surface area contributed by atoms with Crippen LogP contribution < -0.4 is 10.1 Å². The number of ether oxygens (including phenoxy) is 1. The van der Waals surface area contributed by atoms with Crippen LogP contribution in [0.4, 0.5) is 5.69 Å². The third-order valence-corrected chi connectivity index (χ3v) is 2.27. The summed E-state index contributed by atoms with van der Waals surface area (Å²) in [5.74, 6) is -0.460. The maximum atomic E-state index is 11.3. The molecule has 1 aromatic carbocycles. The topological polar surface area (TPSA) is 55.4 Å². The zero-order chi connectivity index (χ0) is 10.1. The maximum Gasteiger partial charge on any atom is 0.239 e. The quantitative estimate of drug-likeness (QED) is 0.558. The number of carbonyl (C=O) groups excluding carboxylic acids is 2. The van der Waals surface area contributed by atoms with Gasteiger partial charge in [-0.2, -0.15) is 0 Å². The van der Waals surface area contributed by atoms with E-state index in [9.17, 15) is 9.59 Å². The number of methoxy groups -OCH3 is 1. The molecule has 72 valence electrons. The molecule has 0 radical (unpaired) electrons. The van der Waals surface area contributed by atoms with E-state index in [1.807, 2.05) is 0 Å². The molecular weight excluding hydrogens is 182 g/mol. The number of hydrogen-bond acceptors (Lipinski definition) is 3. The molecule has 0 fully saturated rings. The number of aldehydes is 1. The fourth-order valence-corrected chi connectivity index (χ4v) is 1.62. The standard InChI is InChI=1S/C10H9NO3/c1-14-8-4-2-3-7-9(8)6(5-12)10(13)11-7/h2-6H,1H3,(H,11,13)/t6-/m0/s1. The van der Waals surface area contributed by atoms with Crippen molar-refractivity contribution >= 4 is 17.9 Å². The van der Waals surface area contributed by atoms with Crippen LogP contribution in [0, 0.1) is 0 Å². The molecule has 0 aromatic heterocycles. The summed E-state index contributed by atoms with van der Waals surface area (Å²) in [7, 11) is 1.51. The Morgan fingerprint density at radius 1 is 1.50 bits per heavy atom. The van der Waals surface area contributed by atoms with Gasteiger partial charge in [-0.05, 0) is 12.1 Å². The predicted octanol–water partition coefficient (Wildman–Crippen LogP) is 0.930. The fraction of sp³-hybridized carbons (Fsp3) is 0.200. The van der Waals surface area contributed by atoms with Crippen molar-refractivity contribution < 1.29 is 14.3 Å². The summed E-state index contributed by atoms with van der Waals surface area (Å²) in [6, 6.07) is 5.25. The van der Waals surface area contributed by atoms with Crippen molar-refractivity contribution in [2.75, 3.05) is 12.4 Å². The van der Waals surface area contributed by atoms with Crippen molar-refractivity contribution in [2.24, 2.45) is 0 Å². The molecule has 2 rings (SSSR count). The van der Waals surface area contributed by atoms with Gasteiger partial charge in [-0.15, -0.1) is 0 Å². The third-order valence-electron chi connectivity index (χ3n) is 2.27. The van der Waals surface area contributed by atoms with Gasteiger partial charge < -0.3 is 14.8 Å². The van der Waals surface area contributed by atoms with Crippen LogP contribution in [-0.2, 0) is 9.59 Å². The monoisotopic (exact) mass is 191 g/mol. The van der Waals surface area contributed by atoms with Gasteiger partial charge in [-0.1, -0.05) is 6.07 Å². The smallest absolute Gasteiger partial charge is 0.239 e. The Bertz CT molecular complexity index is 400. The van der Waals surface area contributed by atoms with Crippen LogP contribution >= 0.6 is 0 Å². The largest absolute Gasteiger partial charge is 0.496 e. The molecule has 0 bridgehead atoms. The molecule has 1 heterocycles. The van der Waals surface area contributed by atoms with E-state index in [-0.39, 0.29) is 5.91 Å². The van der Waals surface area contributed by atoms with Crippen molar-refractivity contribution in [3.63, 3.8) is 0 Å². The number of anilines is 1. The van der Waals surface area contributed by atoms with Gasteiger partial charge in [-0.3, -0.25) is 4.79 Å². The second-order valence-corrected chi connectivity index (χ2v) is 3.02.